The maximum atomic E-state index is 11.9. The van der Waals surface area contributed by atoms with Gasteiger partial charge in [-0.1, -0.05) is 18.5 Å². The first-order valence-corrected chi connectivity index (χ1v) is 8.50. The van der Waals surface area contributed by atoms with Gasteiger partial charge in [-0.3, -0.25) is 10.1 Å². The Kier molecular flexibility index (Phi) is 6.34. The van der Waals surface area contributed by atoms with Crippen LogP contribution in [0.4, 0.5) is 5.69 Å². The van der Waals surface area contributed by atoms with Crippen molar-refractivity contribution in [1.29, 1.82) is 0 Å². The fourth-order valence-corrected chi connectivity index (χ4v) is 4.20. The Balaban J connectivity index is 2.65. The first-order chi connectivity index (χ1) is 9.27. The van der Waals surface area contributed by atoms with Crippen molar-refractivity contribution in [3.8, 4) is 0 Å². The van der Waals surface area contributed by atoms with E-state index in [4.69, 9.17) is 16.7 Å². The van der Waals surface area contributed by atoms with Gasteiger partial charge in [-0.2, -0.15) is 0 Å². The summed E-state index contributed by atoms with van der Waals surface area (Å²) in [7, 11) is -3.78. The number of rotatable bonds is 8. The van der Waals surface area contributed by atoms with Crippen molar-refractivity contribution in [3.63, 3.8) is 0 Å². The minimum atomic E-state index is -3.78. The van der Waals surface area contributed by atoms with Crippen LogP contribution in [0.25, 0.3) is 0 Å². The number of hydrogen-bond acceptors (Lipinski definition) is 6. The van der Waals surface area contributed by atoms with Gasteiger partial charge in [-0.25, -0.2) is 13.1 Å². The molecule has 0 aliphatic carbocycles. The van der Waals surface area contributed by atoms with Crippen molar-refractivity contribution in [2.24, 2.45) is 5.92 Å². The van der Waals surface area contributed by atoms with Crippen LogP contribution >= 0.6 is 22.9 Å². The highest BCUT2D eigenvalue weighted by Crippen LogP contribution is 2.36. The number of nitro groups is 1. The van der Waals surface area contributed by atoms with E-state index in [2.05, 4.69) is 4.72 Å². The highest BCUT2D eigenvalue weighted by atomic mass is 35.5. The average Bonchev–Trinajstić information content (AvgIpc) is 2.77. The lowest BCUT2D eigenvalue weighted by molar-refractivity contribution is -0.384. The number of nitrogens with one attached hydrogen (secondary N) is 1. The number of halogens is 1. The quantitative estimate of drug-likeness (QED) is 0.426. The van der Waals surface area contributed by atoms with E-state index in [1.54, 1.807) is 0 Å². The average molecular weight is 343 g/mol. The molecule has 0 aromatic carbocycles. The van der Waals surface area contributed by atoms with E-state index in [0.29, 0.717) is 24.2 Å². The molecule has 0 aliphatic heterocycles. The molecule has 1 aromatic heterocycles. The second-order valence-electron chi connectivity index (χ2n) is 4.31. The summed E-state index contributed by atoms with van der Waals surface area (Å²) in [6.07, 6.45) is 1.26. The molecule has 1 heterocycles. The third-order valence-electron chi connectivity index (χ3n) is 2.59. The lowest BCUT2D eigenvalue weighted by Gasteiger charge is -2.07. The smallest absolute Gasteiger partial charge is 0.300 e. The Hall–Kier alpha value is -0.740. The van der Waals surface area contributed by atoms with Crippen LogP contribution in [-0.4, -0.2) is 31.6 Å². The molecule has 0 amide bonds. The summed E-state index contributed by atoms with van der Waals surface area (Å²) in [5.74, 6) is 0.108. The molecule has 1 unspecified atom stereocenters. The summed E-state index contributed by atoms with van der Waals surface area (Å²) in [4.78, 5) is 9.90. The van der Waals surface area contributed by atoms with Gasteiger partial charge in [0.25, 0.3) is 5.69 Å². The van der Waals surface area contributed by atoms with E-state index < -0.39 is 20.6 Å². The molecule has 0 radical (unpaired) electrons. The zero-order valence-corrected chi connectivity index (χ0v) is 13.1. The Morgan fingerprint density at radius 3 is 2.75 bits per heavy atom. The predicted molar refractivity (Wildman–Crippen MR) is 76.7 cm³/mol. The highest BCUT2D eigenvalue weighted by Gasteiger charge is 2.24. The SMILES string of the molecule is CC(CO)CCCNS(=O)(=O)c1cc([N+](=O)[O-])c(Cl)s1. The van der Waals surface area contributed by atoms with Gasteiger partial charge in [0.15, 0.2) is 4.34 Å². The number of aliphatic hydroxyl groups is 1. The maximum Gasteiger partial charge on any atom is 0.300 e. The normalized spacial score (nSPS) is 13.3. The first-order valence-electron chi connectivity index (χ1n) is 5.82. The van der Waals surface area contributed by atoms with Gasteiger partial charge in [0.05, 0.1) is 4.92 Å². The molecule has 0 bridgehead atoms. The minimum absolute atomic E-state index is 0.0550. The predicted octanol–water partition coefficient (Wildman–Crippen LogP) is 2.00. The molecule has 0 fully saturated rings. The number of sulfonamides is 1. The molecule has 2 N–H and O–H groups in total. The lowest BCUT2D eigenvalue weighted by atomic mass is 10.1. The van der Waals surface area contributed by atoms with E-state index in [-0.39, 0.29) is 27.6 Å². The van der Waals surface area contributed by atoms with E-state index in [9.17, 15) is 18.5 Å². The van der Waals surface area contributed by atoms with Crippen LogP contribution in [0.3, 0.4) is 0 Å². The second-order valence-corrected chi connectivity index (χ2v) is 7.96. The summed E-state index contributed by atoms with van der Waals surface area (Å²) in [5.41, 5.74) is -0.411. The van der Waals surface area contributed by atoms with Crippen LogP contribution in [0, 0.1) is 16.0 Å². The second kappa shape index (κ2) is 7.32. The van der Waals surface area contributed by atoms with Crippen molar-refractivity contribution >= 4 is 38.6 Å². The highest BCUT2D eigenvalue weighted by molar-refractivity contribution is 7.91. The van der Waals surface area contributed by atoms with Gasteiger partial charge in [-0.05, 0) is 18.8 Å². The Morgan fingerprint density at radius 2 is 2.25 bits per heavy atom. The van der Waals surface area contributed by atoms with Gasteiger partial charge in [0, 0.05) is 19.2 Å². The Bertz CT molecular complexity index is 572. The van der Waals surface area contributed by atoms with Crippen molar-refractivity contribution in [1.82, 2.24) is 4.72 Å². The zero-order valence-electron chi connectivity index (χ0n) is 10.7. The van der Waals surface area contributed by atoms with E-state index in [0.717, 1.165) is 6.07 Å². The summed E-state index contributed by atoms with van der Waals surface area (Å²) < 4.78 is 25.8. The summed E-state index contributed by atoms with van der Waals surface area (Å²) >= 11 is 6.28. The van der Waals surface area contributed by atoms with Crippen LogP contribution in [0.1, 0.15) is 19.8 Å². The molecule has 0 saturated heterocycles. The molecule has 1 aromatic rings. The molecule has 0 aliphatic rings. The van der Waals surface area contributed by atoms with Crippen LogP contribution in [-0.2, 0) is 10.0 Å². The Morgan fingerprint density at radius 1 is 1.60 bits per heavy atom. The van der Waals surface area contributed by atoms with Gasteiger partial charge in [-0.15, -0.1) is 11.3 Å². The van der Waals surface area contributed by atoms with Gasteiger partial charge in [0.1, 0.15) is 4.21 Å². The molecular weight excluding hydrogens is 328 g/mol. The molecule has 7 nitrogen and oxygen atoms in total. The maximum absolute atomic E-state index is 11.9. The molecule has 1 atom stereocenters. The molecule has 10 heteroatoms. The fraction of sp³-hybridized carbons (Fsp3) is 0.600. The summed E-state index contributed by atoms with van der Waals surface area (Å²) in [6.45, 7) is 2.12. The number of hydrogen-bond donors (Lipinski definition) is 2. The molecule has 0 saturated carbocycles. The minimum Gasteiger partial charge on any atom is -0.396 e. The van der Waals surface area contributed by atoms with Crippen molar-refractivity contribution in [2.45, 2.75) is 24.0 Å². The van der Waals surface area contributed by atoms with E-state index in [1.165, 1.54) is 0 Å². The third-order valence-corrected chi connectivity index (χ3v) is 5.86. The van der Waals surface area contributed by atoms with Gasteiger partial charge in [0.2, 0.25) is 10.0 Å². The van der Waals surface area contributed by atoms with Crippen molar-refractivity contribution < 1.29 is 18.4 Å². The number of nitrogens with zero attached hydrogens (tertiary/aromatic N) is 1. The molecule has 0 spiro atoms. The molecule has 114 valence electrons. The topological polar surface area (TPSA) is 110 Å². The van der Waals surface area contributed by atoms with Crippen LogP contribution in [0.5, 0.6) is 0 Å². The number of aliphatic hydroxyl groups excluding tert-OH is 1. The zero-order chi connectivity index (χ0) is 15.3. The third kappa shape index (κ3) is 4.67. The number of thiophene rings is 1. The van der Waals surface area contributed by atoms with Gasteiger partial charge >= 0.3 is 0 Å². The molecule has 20 heavy (non-hydrogen) atoms. The fourth-order valence-electron chi connectivity index (χ4n) is 1.41. The van der Waals surface area contributed by atoms with Crippen molar-refractivity contribution in [2.75, 3.05) is 13.2 Å². The lowest BCUT2D eigenvalue weighted by Crippen LogP contribution is -2.24. The monoisotopic (exact) mass is 342 g/mol. The Labute approximate surface area is 125 Å². The van der Waals surface area contributed by atoms with Crippen LogP contribution < -0.4 is 4.72 Å². The molecular formula is C10H15ClN2O5S2. The first kappa shape index (κ1) is 17.3. The molecule has 1 rings (SSSR count). The van der Waals surface area contributed by atoms with E-state index in [1.807, 2.05) is 6.92 Å². The van der Waals surface area contributed by atoms with Crippen molar-refractivity contribution in [3.05, 3.63) is 20.5 Å². The van der Waals surface area contributed by atoms with Gasteiger partial charge < -0.3 is 5.11 Å². The summed E-state index contributed by atoms with van der Waals surface area (Å²) in [5, 5.41) is 19.5. The van der Waals surface area contributed by atoms with E-state index >= 15 is 0 Å². The summed E-state index contributed by atoms with van der Waals surface area (Å²) in [6, 6.07) is 0.950. The largest absolute Gasteiger partial charge is 0.396 e. The van der Waals surface area contributed by atoms with Crippen LogP contribution in [0.15, 0.2) is 10.3 Å². The standard InChI is InChI=1S/C10H15ClN2O5S2/c1-7(6-14)3-2-4-12-20(17,18)9-5-8(13(15)16)10(11)19-9/h5,7,12,14H,2-4,6H2,1H3. The van der Waals surface area contributed by atoms with Crippen LogP contribution in [0.2, 0.25) is 4.34 Å².